The number of aliphatic imine (C=N–C) groups is 2. The topological polar surface area (TPSA) is 24.7 Å². The Morgan fingerprint density at radius 3 is 1.20 bits per heavy atom. The van der Waals surface area contributed by atoms with Gasteiger partial charge >= 0.3 is 17.8 Å². The molecule has 4 aromatic rings. The highest BCUT2D eigenvalue weighted by Crippen LogP contribution is 2.75. The van der Waals surface area contributed by atoms with Crippen LogP contribution in [0.5, 0.6) is 0 Å². The summed E-state index contributed by atoms with van der Waals surface area (Å²) >= 11 is 2.49. The Hall–Kier alpha value is -4.54. The first kappa shape index (κ1) is 37.4. The van der Waals surface area contributed by atoms with Crippen LogP contribution < -0.4 is 0 Å². The molecule has 0 unspecified atom stereocenters. The summed E-state index contributed by atoms with van der Waals surface area (Å²) in [4.78, 5) is 10.4. The molecule has 1 fully saturated rings. The molecule has 0 N–H and O–H groups in total. The molecule has 2 heterocycles. The van der Waals surface area contributed by atoms with E-state index in [0.717, 1.165) is 22.3 Å². The van der Waals surface area contributed by atoms with Crippen LogP contribution in [0.25, 0.3) is 9.81 Å². The molecule has 1 saturated carbocycles. The first-order chi connectivity index (χ1) is 26.1. The molecule has 0 spiro atoms. The minimum Gasteiger partial charge on any atom is -0.285 e. The summed E-state index contributed by atoms with van der Waals surface area (Å²) in [7, 11) is 0. The zero-order valence-corrected chi connectivity index (χ0v) is 32.0. The predicted molar refractivity (Wildman–Crippen MR) is 215 cm³/mol. The normalized spacial score (nSPS) is 25.9. The standard InChI is InChI=1S/C45H36F6N2S2/c1-27(31-11-7-5-8-12-31)52-25-29-15-19-33(20-16-29)37-23-35-39-40(44(48,49)45(50,51)43(39,46)47)36-24-38(55-42(36,4)41(35,3)54-37)34-21-17-30(18-22-34)26-53-28(2)32-13-9-6-10-14-32/h5-28H,1-4H3/t27-,28-,41-,42-/m0/s1. The molecule has 55 heavy (non-hydrogen) atoms. The highest BCUT2D eigenvalue weighted by molar-refractivity contribution is 8.14. The van der Waals surface area contributed by atoms with Gasteiger partial charge in [-0.1, -0.05) is 109 Å². The Morgan fingerprint density at radius 1 is 0.509 bits per heavy atom. The monoisotopic (exact) mass is 782 g/mol. The number of thioether (sulfide) groups is 2. The van der Waals surface area contributed by atoms with Gasteiger partial charge in [-0.25, -0.2) is 0 Å². The second-order valence-electron chi connectivity index (χ2n) is 14.6. The zero-order valence-electron chi connectivity index (χ0n) is 30.3. The van der Waals surface area contributed by atoms with Crippen LogP contribution in [0.4, 0.5) is 26.3 Å². The number of halogens is 6. The van der Waals surface area contributed by atoms with E-state index in [1.807, 2.05) is 123 Å². The van der Waals surface area contributed by atoms with E-state index in [1.54, 1.807) is 26.3 Å². The third-order valence-corrected chi connectivity index (χ3v) is 14.5. The average Bonchev–Trinajstić information content (AvgIpc) is 3.77. The van der Waals surface area contributed by atoms with E-state index in [1.165, 1.54) is 35.7 Å². The van der Waals surface area contributed by atoms with Gasteiger partial charge < -0.3 is 0 Å². The maximum atomic E-state index is 15.9. The van der Waals surface area contributed by atoms with Crippen LogP contribution >= 0.6 is 23.5 Å². The molecule has 0 aromatic heterocycles. The van der Waals surface area contributed by atoms with Gasteiger partial charge in [-0.15, -0.1) is 23.5 Å². The number of allylic oxidation sites excluding steroid dienone is 4. The van der Waals surface area contributed by atoms with E-state index in [0.29, 0.717) is 20.9 Å². The van der Waals surface area contributed by atoms with Crippen LogP contribution in [0.1, 0.15) is 73.2 Å². The summed E-state index contributed by atoms with van der Waals surface area (Å²) < 4.78 is 91.6. The van der Waals surface area contributed by atoms with Crippen molar-refractivity contribution in [3.8, 4) is 0 Å². The lowest BCUT2D eigenvalue weighted by Crippen LogP contribution is -2.48. The Labute approximate surface area is 325 Å². The van der Waals surface area contributed by atoms with Gasteiger partial charge in [0.25, 0.3) is 0 Å². The van der Waals surface area contributed by atoms with Gasteiger partial charge in [0.15, 0.2) is 0 Å². The molecule has 0 bridgehead atoms. The van der Waals surface area contributed by atoms with Gasteiger partial charge in [0, 0.05) is 33.4 Å². The van der Waals surface area contributed by atoms with Crippen LogP contribution in [0.15, 0.2) is 154 Å². The lowest BCUT2D eigenvalue weighted by molar-refractivity contribution is -0.258. The number of benzene rings is 4. The number of rotatable bonds is 8. The maximum Gasteiger partial charge on any atom is 0.380 e. The largest absolute Gasteiger partial charge is 0.380 e. The van der Waals surface area contributed by atoms with Crippen molar-refractivity contribution in [2.24, 2.45) is 9.98 Å². The summed E-state index contributed by atoms with van der Waals surface area (Å²) in [6, 6.07) is 34.1. The Kier molecular flexibility index (Phi) is 9.04. The number of alkyl halides is 6. The van der Waals surface area contributed by atoms with Crippen LogP contribution in [0, 0.1) is 0 Å². The smallest absolute Gasteiger partial charge is 0.285 e. The van der Waals surface area contributed by atoms with Crippen molar-refractivity contribution in [2.75, 3.05) is 0 Å². The molecule has 4 atom stereocenters. The summed E-state index contributed by atoms with van der Waals surface area (Å²) in [6.45, 7) is 7.38. The van der Waals surface area contributed by atoms with E-state index in [-0.39, 0.29) is 23.2 Å². The summed E-state index contributed by atoms with van der Waals surface area (Å²) in [5, 5.41) is 0. The first-order valence-corrected chi connectivity index (χ1v) is 19.5. The van der Waals surface area contributed by atoms with Gasteiger partial charge in [-0.05, 0) is 84.4 Å². The predicted octanol–water partition coefficient (Wildman–Crippen LogP) is 13.0. The molecule has 2 aliphatic heterocycles. The Balaban J connectivity index is 1.13. The molecule has 4 aromatic carbocycles. The van der Waals surface area contributed by atoms with E-state index >= 15 is 26.3 Å². The number of nitrogens with zero attached hydrogens (tertiary/aromatic N) is 2. The van der Waals surface area contributed by atoms with Crippen molar-refractivity contribution in [2.45, 2.75) is 67.0 Å². The van der Waals surface area contributed by atoms with Crippen molar-refractivity contribution < 1.29 is 26.3 Å². The third kappa shape index (κ3) is 5.81. The van der Waals surface area contributed by atoms with E-state index < -0.39 is 38.4 Å². The fourth-order valence-corrected chi connectivity index (χ4v) is 10.8. The van der Waals surface area contributed by atoms with E-state index in [9.17, 15) is 0 Å². The van der Waals surface area contributed by atoms with Crippen LogP contribution in [0.2, 0.25) is 0 Å². The minimum absolute atomic E-state index is 0.0746. The SMILES string of the molecule is C[C@H](N=Cc1ccc(C2=CC3=C4C(=C5C=C(c6ccc(C=N[C@@H](C)c7ccccc7)cc6)S[C@]5(C)[C@@]3(C)S2)C(F)(F)C(F)(F)C4(F)F)cc1)c1ccccc1. The number of hydrogen-bond acceptors (Lipinski definition) is 4. The molecular weight excluding hydrogens is 747 g/mol. The van der Waals surface area contributed by atoms with Crippen LogP contribution in [-0.4, -0.2) is 39.7 Å². The van der Waals surface area contributed by atoms with E-state index in [4.69, 9.17) is 0 Å². The second kappa shape index (κ2) is 13.3. The van der Waals surface area contributed by atoms with Gasteiger partial charge in [0.1, 0.15) is 0 Å². The summed E-state index contributed by atoms with van der Waals surface area (Å²) in [5.74, 6) is -15.8. The lowest BCUT2D eigenvalue weighted by atomic mass is 9.71. The maximum absolute atomic E-state index is 15.9. The first-order valence-electron chi connectivity index (χ1n) is 17.9. The molecular formula is C45H36F6N2S2. The highest BCUT2D eigenvalue weighted by atomic mass is 32.2. The lowest BCUT2D eigenvalue weighted by Gasteiger charge is -2.47. The molecule has 2 nitrogen and oxygen atoms in total. The third-order valence-electron chi connectivity index (χ3n) is 11.2. The Bertz CT molecular complexity index is 2180. The van der Waals surface area contributed by atoms with Gasteiger partial charge in [0.2, 0.25) is 0 Å². The quantitative estimate of drug-likeness (QED) is 0.131. The number of fused-ring (bicyclic) bond motifs is 4. The highest BCUT2D eigenvalue weighted by Gasteiger charge is 2.84. The fourth-order valence-electron chi connectivity index (χ4n) is 7.69. The summed E-state index contributed by atoms with van der Waals surface area (Å²) in [5.41, 5.74) is 2.13. The molecule has 0 saturated heterocycles. The molecule has 0 radical (unpaired) electrons. The van der Waals surface area contributed by atoms with Gasteiger partial charge in [0.05, 0.1) is 21.6 Å². The van der Waals surface area contributed by atoms with Crippen molar-refractivity contribution in [1.29, 1.82) is 0 Å². The average molecular weight is 783 g/mol. The van der Waals surface area contributed by atoms with Crippen molar-refractivity contribution in [1.82, 2.24) is 0 Å². The molecule has 8 rings (SSSR count). The Morgan fingerprint density at radius 2 is 0.855 bits per heavy atom. The van der Waals surface area contributed by atoms with Crippen molar-refractivity contribution >= 4 is 45.8 Å². The summed E-state index contributed by atoms with van der Waals surface area (Å²) in [6.07, 6.45) is 6.33. The minimum atomic E-state index is -5.62. The molecule has 2 aliphatic carbocycles. The van der Waals surface area contributed by atoms with Crippen LogP contribution in [0.3, 0.4) is 0 Å². The molecule has 0 amide bonds. The molecule has 280 valence electrons. The fraction of sp³-hybridized carbons (Fsp3) is 0.244. The molecule has 4 aliphatic rings. The van der Waals surface area contributed by atoms with Crippen LogP contribution in [-0.2, 0) is 0 Å². The van der Waals surface area contributed by atoms with Gasteiger partial charge in [-0.3, -0.25) is 9.98 Å². The zero-order chi connectivity index (χ0) is 39.0. The van der Waals surface area contributed by atoms with Gasteiger partial charge in [-0.2, -0.15) is 26.3 Å². The van der Waals surface area contributed by atoms with Crippen molar-refractivity contribution in [3.05, 3.63) is 177 Å². The van der Waals surface area contributed by atoms with E-state index in [2.05, 4.69) is 9.98 Å². The number of hydrogen-bond donors (Lipinski definition) is 0. The second-order valence-corrected chi connectivity index (χ2v) is 17.5. The molecule has 10 heteroatoms. The van der Waals surface area contributed by atoms with Crippen molar-refractivity contribution in [3.63, 3.8) is 0 Å².